The number of anilines is 1. The number of hydrogen-bond acceptors (Lipinski definition) is 5. The smallest absolute Gasteiger partial charge is 0.291 e. The summed E-state index contributed by atoms with van der Waals surface area (Å²) in [6.07, 6.45) is 1.65. The van der Waals surface area contributed by atoms with E-state index < -0.39 is 29.7 Å². The third-order valence-electron chi connectivity index (χ3n) is 4.53. The fraction of sp³-hybridized carbons (Fsp3) is 0.130. The van der Waals surface area contributed by atoms with Gasteiger partial charge in [0.1, 0.15) is 6.04 Å². The molecule has 0 bridgehead atoms. The van der Waals surface area contributed by atoms with Crippen LogP contribution in [0.4, 0.5) is 5.69 Å². The number of furan rings is 1. The quantitative estimate of drug-likeness (QED) is 0.425. The molecule has 32 heavy (non-hydrogen) atoms. The maximum atomic E-state index is 12.8. The largest absolute Gasteiger partial charge is 0.459 e. The van der Waals surface area contributed by atoms with Crippen LogP contribution in [-0.4, -0.2) is 29.7 Å². The molecule has 0 fully saturated rings. The van der Waals surface area contributed by atoms with Crippen molar-refractivity contribution < 1.29 is 23.6 Å². The molecule has 164 valence electrons. The average Bonchev–Trinajstić information content (AvgIpc) is 3.37. The second-order valence-corrected chi connectivity index (χ2v) is 6.72. The number of carbonyl (C=O) groups is 4. The minimum atomic E-state index is -0.910. The van der Waals surface area contributed by atoms with Crippen LogP contribution in [0, 0.1) is 0 Å². The topological polar surface area (TPSA) is 130 Å². The summed E-state index contributed by atoms with van der Waals surface area (Å²) in [5.41, 5.74) is 5.46. The van der Waals surface area contributed by atoms with Gasteiger partial charge in [0, 0.05) is 5.56 Å². The van der Waals surface area contributed by atoms with Gasteiger partial charge in [0.2, 0.25) is 0 Å². The predicted octanol–water partition coefficient (Wildman–Crippen LogP) is 2.50. The molecule has 0 unspecified atom stereocenters. The Hall–Kier alpha value is -4.40. The molecular formula is C23H22N4O5. The van der Waals surface area contributed by atoms with Gasteiger partial charge in [-0.1, -0.05) is 37.3 Å². The Morgan fingerprint density at radius 1 is 0.812 bits per heavy atom. The summed E-state index contributed by atoms with van der Waals surface area (Å²) < 4.78 is 5.06. The molecule has 2 aromatic carbocycles. The van der Waals surface area contributed by atoms with E-state index in [1.807, 2.05) is 0 Å². The summed E-state index contributed by atoms with van der Waals surface area (Å²) in [7, 11) is 0. The summed E-state index contributed by atoms with van der Waals surface area (Å²) in [4.78, 5) is 49.6. The summed E-state index contributed by atoms with van der Waals surface area (Å²) >= 11 is 0. The standard InChI is InChI=1S/C23H22N4O5/c1-2-17(22(30)27-26-20(28)15-9-4-3-5-10-15)24-21(29)16-11-6-7-12-18(16)25-23(31)19-13-8-14-32-19/h3-14,17H,2H2,1H3,(H,24,29)(H,25,31)(H,26,28)(H,27,30)/t17-/m0/s1. The lowest BCUT2D eigenvalue weighted by molar-refractivity contribution is -0.123. The predicted molar refractivity (Wildman–Crippen MR) is 117 cm³/mol. The van der Waals surface area contributed by atoms with E-state index >= 15 is 0 Å². The van der Waals surface area contributed by atoms with Gasteiger partial charge in [-0.15, -0.1) is 0 Å². The second-order valence-electron chi connectivity index (χ2n) is 6.72. The number of hydrogen-bond donors (Lipinski definition) is 4. The van der Waals surface area contributed by atoms with Crippen molar-refractivity contribution in [3.8, 4) is 0 Å². The molecule has 4 N–H and O–H groups in total. The van der Waals surface area contributed by atoms with E-state index in [1.54, 1.807) is 61.5 Å². The van der Waals surface area contributed by atoms with Gasteiger partial charge in [-0.05, 0) is 42.8 Å². The summed E-state index contributed by atoms with van der Waals surface area (Å²) in [5, 5.41) is 5.24. The van der Waals surface area contributed by atoms with Gasteiger partial charge in [0.25, 0.3) is 23.6 Å². The van der Waals surface area contributed by atoms with E-state index in [2.05, 4.69) is 21.5 Å². The lowest BCUT2D eigenvalue weighted by Gasteiger charge is -2.18. The number of amides is 4. The van der Waals surface area contributed by atoms with Crippen LogP contribution < -0.4 is 21.5 Å². The van der Waals surface area contributed by atoms with Gasteiger partial charge in [0.05, 0.1) is 17.5 Å². The molecule has 0 radical (unpaired) electrons. The van der Waals surface area contributed by atoms with Crippen LogP contribution in [0.5, 0.6) is 0 Å². The Bertz CT molecular complexity index is 1100. The number of hydrazine groups is 1. The van der Waals surface area contributed by atoms with Crippen molar-refractivity contribution in [2.24, 2.45) is 0 Å². The highest BCUT2D eigenvalue weighted by atomic mass is 16.3. The minimum absolute atomic E-state index is 0.0974. The Morgan fingerprint density at radius 3 is 2.22 bits per heavy atom. The highest BCUT2D eigenvalue weighted by Crippen LogP contribution is 2.17. The van der Waals surface area contributed by atoms with Gasteiger partial charge in [-0.25, -0.2) is 0 Å². The fourth-order valence-electron chi connectivity index (χ4n) is 2.84. The third-order valence-corrected chi connectivity index (χ3v) is 4.53. The van der Waals surface area contributed by atoms with Gasteiger partial charge < -0.3 is 15.1 Å². The molecule has 0 aliphatic carbocycles. The molecule has 9 heteroatoms. The number of carbonyl (C=O) groups excluding carboxylic acids is 4. The van der Waals surface area contributed by atoms with Crippen LogP contribution in [-0.2, 0) is 4.79 Å². The molecule has 0 aliphatic heterocycles. The zero-order valence-corrected chi connectivity index (χ0v) is 17.3. The van der Waals surface area contributed by atoms with E-state index in [4.69, 9.17) is 4.42 Å². The SMILES string of the molecule is CC[C@H](NC(=O)c1ccccc1NC(=O)c1ccco1)C(=O)NNC(=O)c1ccccc1. The lowest BCUT2D eigenvalue weighted by atomic mass is 10.1. The molecule has 3 aromatic rings. The Kier molecular flexibility index (Phi) is 7.37. The van der Waals surface area contributed by atoms with Crippen molar-refractivity contribution in [2.75, 3.05) is 5.32 Å². The molecule has 0 spiro atoms. The number of para-hydroxylation sites is 1. The highest BCUT2D eigenvalue weighted by Gasteiger charge is 2.22. The Morgan fingerprint density at radius 2 is 1.53 bits per heavy atom. The molecule has 1 aromatic heterocycles. The molecule has 4 amide bonds. The van der Waals surface area contributed by atoms with Crippen molar-refractivity contribution in [1.82, 2.24) is 16.2 Å². The average molecular weight is 434 g/mol. The van der Waals surface area contributed by atoms with Crippen LogP contribution in [0.1, 0.15) is 44.6 Å². The summed E-state index contributed by atoms with van der Waals surface area (Å²) in [5.74, 6) is -2.03. The van der Waals surface area contributed by atoms with Crippen LogP contribution in [0.15, 0.2) is 77.4 Å². The normalized spacial score (nSPS) is 11.2. The third kappa shape index (κ3) is 5.60. The van der Waals surface area contributed by atoms with Crippen LogP contribution in [0.2, 0.25) is 0 Å². The molecule has 1 atom stereocenters. The second kappa shape index (κ2) is 10.6. The maximum absolute atomic E-state index is 12.8. The first-order valence-electron chi connectivity index (χ1n) is 9.89. The van der Waals surface area contributed by atoms with E-state index in [1.165, 1.54) is 18.4 Å². The zero-order chi connectivity index (χ0) is 22.9. The van der Waals surface area contributed by atoms with Crippen molar-refractivity contribution in [3.05, 3.63) is 89.9 Å². The highest BCUT2D eigenvalue weighted by molar-refractivity contribution is 6.08. The maximum Gasteiger partial charge on any atom is 0.291 e. The number of nitrogens with one attached hydrogen (secondary N) is 4. The Balaban J connectivity index is 1.63. The molecule has 0 saturated carbocycles. The van der Waals surface area contributed by atoms with Crippen molar-refractivity contribution >= 4 is 29.3 Å². The molecule has 1 heterocycles. The number of rotatable bonds is 7. The van der Waals surface area contributed by atoms with E-state index in [9.17, 15) is 19.2 Å². The molecular weight excluding hydrogens is 412 g/mol. The molecule has 0 aliphatic rings. The van der Waals surface area contributed by atoms with Gasteiger partial charge in [0.15, 0.2) is 5.76 Å². The molecule has 3 rings (SSSR count). The van der Waals surface area contributed by atoms with Crippen LogP contribution in [0.3, 0.4) is 0 Å². The summed E-state index contributed by atoms with van der Waals surface area (Å²) in [6, 6.07) is 16.9. The van der Waals surface area contributed by atoms with Crippen molar-refractivity contribution in [3.63, 3.8) is 0 Å². The van der Waals surface area contributed by atoms with E-state index in [0.29, 0.717) is 5.56 Å². The van der Waals surface area contributed by atoms with Crippen molar-refractivity contribution in [2.45, 2.75) is 19.4 Å². The van der Waals surface area contributed by atoms with Gasteiger partial charge >= 0.3 is 0 Å². The first kappa shape index (κ1) is 22.3. The lowest BCUT2D eigenvalue weighted by Crippen LogP contribution is -2.52. The van der Waals surface area contributed by atoms with Crippen LogP contribution in [0.25, 0.3) is 0 Å². The summed E-state index contributed by atoms with van der Waals surface area (Å²) in [6.45, 7) is 1.72. The van der Waals surface area contributed by atoms with E-state index in [0.717, 1.165) is 0 Å². The first-order chi connectivity index (χ1) is 15.5. The monoisotopic (exact) mass is 434 g/mol. The van der Waals surface area contributed by atoms with Crippen molar-refractivity contribution in [1.29, 1.82) is 0 Å². The van der Waals surface area contributed by atoms with Gasteiger partial charge in [-0.3, -0.25) is 30.0 Å². The Labute approximate surface area is 184 Å². The molecule has 9 nitrogen and oxygen atoms in total. The molecule has 0 saturated heterocycles. The minimum Gasteiger partial charge on any atom is -0.459 e. The first-order valence-corrected chi connectivity index (χ1v) is 9.89. The zero-order valence-electron chi connectivity index (χ0n) is 17.3. The van der Waals surface area contributed by atoms with E-state index in [-0.39, 0.29) is 23.4 Å². The number of benzene rings is 2. The van der Waals surface area contributed by atoms with Crippen LogP contribution >= 0.6 is 0 Å². The van der Waals surface area contributed by atoms with Gasteiger partial charge in [-0.2, -0.15) is 0 Å². The fourth-order valence-corrected chi connectivity index (χ4v) is 2.84.